The van der Waals surface area contributed by atoms with Gasteiger partial charge >= 0.3 is 0 Å². The number of halogens is 1. The van der Waals surface area contributed by atoms with Crippen molar-refractivity contribution in [2.75, 3.05) is 5.32 Å². The summed E-state index contributed by atoms with van der Waals surface area (Å²) in [7, 11) is 0. The molecule has 3 aromatic rings. The summed E-state index contributed by atoms with van der Waals surface area (Å²) in [6, 6.07) is 10.5. The van der Waals surface area contributed by atoms with Gasteiger partial charge in [-0.05, 0) is 84.7 Å². The van der Waals surface area contributed by atoms with E-state index in [1.54, 1.807) is 24.3 Å². The van der Waals surface area contributed by atoms with Crippen molar-refractivity contribution in [1.82, 2.24) is 15.0 Å². The van der Waals surface area contributed by atoms with Gasteiger partial charge in [0.15, 0.2) is 0 Å². The number of hydrogen-bond donors (Lipinski definition) is 4. The van der Waals surface area contributed by atoms with Gasteiger partial charge in [0, 0.05) is 12.2 Å². The first-order chi connectivity index (χ1) is 18.6. The van der Waals surface area contributed by atoms with Crippen molar-refractivity contribution in [2.45, 2.75) is 59.5 Å². The van der Waals surface area contributed by atoms with E-state index >= 15 is 0 Å². The Morgan fingerprint density at radius 2 is 2.03 bits per heavy atom. The first-order valence-electron chi connectivity index (χ1n) is 13.5. The smallest absolute Gasteiger partial charge is 0.261 e. The average Bonchev–Trinajstić information content (AvgIpc) is 2.89. The number of aryl methyl sites for hydroxylation is 3. The number of benzene rings is 2. The summed E-state index contributed by atoms with van der Waals surface area (Å²) in [5.41, 5.74) is 11.0. The first-order valence-corrected chi connectivity index (χ1v) is 13.5. The molecule has 4 atom stereocenters. The Morgan fingerprint density at radius 1 is 1.23 bits per heavy atom. The van der Waals surface area contributed by atoms with Crippen LogP contribution in [0.4, 0.5) is 10.1 Å². The minimum absolute atomic E-state index is 0.0435. The van der Waals surface area contributed by atoms with E-state index in [9.17, 15) is 9.18 Å². The van der Waals surface area contributed by atoms with E-state index in [0.29, 0.717) is 64.2 Å². The molecule has 10 heteroatoms. The van der Waals surface area contributed by atoms with Crippen LogP contribution < -0.4 is 27.9 Å². The molecule has 0 aliphatic heterocycles. The maximum atomic E-state index is 14.2. The van der Waals surface area contributed by atoms with Gasteiger partial charge in [0.25, 0.3) is 5.56 Å². The summed E-state index contributed by atoms with van der Waals surface area (Å²) in [5.74, 6) is 7.31. The maximum Gasteiger partial charge on any atom is 0.261 e. The number of aromatic nitrogens is 2. The minimum Gasteiger partial charge on any atom is -0.368 e. The highest BCUT2D eigenvalue weighted by atomic mass is 19.1. The van der Waals surface area contributed by atoms with Gasteiger partial charge in [-0.25, -0.2) is 20.2 Å². The Bertz CT molecular complexity index is 1510. The molecule has 0 radical (unpaired) electrons. The lowest BCUT2D eigenvalue weighted by Crippen LogP contribution is -2.56. The zero-order chi connectivity index (χ0) is 27.9. The largest absolute Gasteiger partial charge is 0.368 e. The van der Waals surface area contributed by atoms with E-state index in [4.69, 9.17) is 16.6 Å². The number of anilines is 1. The predicted octanol–water partition coefficient (Wildman–Crippen LogP) is 3.70. The van der Waals surface area contributed by atoms with Crippen LogP contribution in [0.2, 0.25) is 0 Å². The second-order valence-corrected chi connectivity index (χ2v) is 11.6. The van der Waals surface area contributed by atoms with Crippen molar-refractivity contribution in [3.05, 3.63) is 70.0 Å². The molecule has 3 aliphatic rings. The topological polar surface area (TPSA) is 136 Å². The Hall–Kier alpha value is -3.79. The molecule has 3 saturated carbocycles. The zero-order valence-corrected chi connectivity index (χ0v) is 22.9. The van der Waals surface area contributed by atoms with Crippen LogP contribution in [0.5, 0.6) is 0 Å². The third kappa shape index (κ3) is 5.25. The molecule has 3 aliphatic carbocycles. The van der Waals surface area contributed by atoms with Crippen LogP contribution in [0.25, 0.3) is 10.9 Å². The van der Waals surface area contributed by atoms with Crippen LogP contribution in [0.15, 0.2) is 57.5 Å². The number of fused-ring (bicyclic) bond motifs is 3. The molecule has 0 amide bonds. The van der Waals surface area contributed by atoms with E-state index in [2.05, 4.69) is 41.5 Å². The summed E-state index contributed by atoms with van der Waals surface area (Å²) in [6.07, 6.45) is 4.16. The van der Waals surface area contributed by atoms with E-state index in [1.165, 1.54) is 23.4 Å². The molecule has 39 heavy (non-hydrogen) atoms. The van der Waals surface area contributed by atoms with Crippen molar-refractivity contribution in [3.63, 3.8) is 0 Å². The Balaban J connectivity index is 1.36. The van der Waals surface area contributed by atoms with Gasteiger partial charge in [0.05, 0.1) is 23.3 Å². The number of nitrogens with zero attached hydrogens (tertiary/aromatic N) is 4. The number of nitrogens with one attached hydrogen (secondary N) is 2. The molecular weight excluding hydrogens is 495 g/mol. The molecular formula is C29H37FN8O. The normalized spacial score (nSPS) is 24.4. The van der Waals surface area contributed by atoms with Crippen molar-refractivity contribution in [1.29, 1.82) is 0 Å². The highest BCUT2D eigenvalue weighted by molar-refractivity contribution is 6.02. The number of aliphatic imine (C=N–C) groups is 2. The zero-order valence-electron chi connectivity index (χ0n) is 22.9. The van der Waals surface area contributed by atoms with Crippen molar-refractivity contribution in [2.24, 2.45) is 44.7 Å². The fraction of sp³-hybridized carbons (Fsp3) is 0.448. The Morgan fingerprint density at radius 3 is 2.72 bits per heavy atom. The van der Waals surface area contributed by atoms with Crippen LogP contribution in [-0.2, 0) is 13.0 Å². The van der Waals surface area contributed by atoms with Gasteiger partial charge in [-0.2, -0.15) is 4.99 Å². The van der Waals surface area contributed by atoms with Gasteiger partial charge in [-0.1, -0.05) is 32.9 Å². The Labute approximate surface area is 227 Å². The second kappa shape index (κ2) is 10.4. The van der Waals surface area contributed by atoms with Gasteiger partial charge in [-0.15, -0.1) is 0 Å². The number of hydrazine groups is 1. The summed E-state index contributed by atoms with van der Waals surface area (Å²) in [4.78, 5) is 26.9. The predicted molar refractivity (Wildman–Crippen MR) is 154 cm³/mol. The summed E-state index contributed by atoms with van der Waals surface area (Å²) >= 11 is 0. The van der Waals surface area contributed by atoms with Gasteiger partial charge in [0.2, 0.25) is 11.9 Å². The van der Waals surface area contributed by atoms with Crippen molar-refractivity contribution >= 4 is 28.5 Å². The third-order valence-corrected chi connectivity index (χ3v) is 8.89. The highest BCUT2D eigenvalue weighted by Gasteiger charge is 2.56. The second-order valence-electron chi connectivity index (χ2n) is 11.6. The molecule has 9 nitrogen and oxygen atoms in total. The van der Waals surface area contributed by atoms with Crippen LogP contribution in [0.3, 0.4) is 0 Å². The minimum atomic E-state index is -0.263. The lowest BCUT2D eigenvalue weighted by molar-refractivity contribution is -0.108. The monoisotopic (exact) mass is 532 g/mol. The molecule has 1 heterocycles. The van der Waals surface area contributed by atoms with Crippen molar-refractivity contribution in [3.8, 4) is 0 Å². The maximum absolute atomic E-state index is 14.2. The van der Waals surface area contributed by atoms with E-state index in [0.717, 1.165) is 12.0 Å². The van der Waals surface area contributed by atoms with Gasteiger partial charge < -0.3 is 11.1 Å². The summed E-state index contributed by atoms with van der Waals surface area (Å²) in [6.45, 7) is 9.15. The van der Waals surface area contributed by atoms with E-state index in [-0.39, 0.29) is 23.4 Å². The molecule has 6 N–H and O–H groups in total. The molecule has 1 aromatic heterocycles. The Kier molecular flexibility index (Phi) is 7.15. The molecule has 3 fully saturated rings. The SMILES string of the molecule is Cc1ccc(CCn2cnc3cc(NC(N=C(N)NN)=N[C@H]4C[C@@H]5C[C@H]([C@@H]4C)C5(C)C)ccc3c2=O)c(F)c1. The lowest BCUT2D eigenvalue weighted by atomic mass is 9.45. The molecule has 0 spiro atoms. The number of hydrogen-bond acceptors (Lipinski definition) is 4. The highest BCUT2D eigenvalue weighted by Crippen LogP contribution is 2.61. The quantitative estimate of drug-likeness (QED) is 0.171. The molecule has 2 aromatic carbocycles. The van der Waals surface area contributed by atoms with Gasteiger partial charge in [0.1, 0.15) is 5.82 Å². The lowest BCUT2D eigenvalue weighted by Gasteiger charge is -2.61. The number of guanidine groups is 2. The van der Waals surface area contributed by atoms with Crippen molar-refractivity contribution < 1.29 is 4.39 Å². The third-order valence-electron chi connectivity index (χ3n) is 8.89. The van der Waals surface area contributed by atoms with E-state index in [1.807, 2.05) is 13.0 Å². The molecule has 2 bridgehead atoms. The number of nitrogens with two attached hydrogens (primary N) is 2. The average molecular weight is 533 g/mol. The molecule has 6 rings (SSSR count). The molecule has 0 saturated heterocycles. The standard InChI is InChI=1S/C29H37FN8O/c1-16-5-6-18(23(30)11-16)9-10-38-15-33-25-14-20(7-8-21(25)26(38)39)34-28(36-27(31)37-32)35-24-13-19-12-22(17(24)2)29(19,3)4/h5-8,11,14-15,17,19,22,24H,9-10,12-13,32H2,1-4H3,(H4,31,34,35,36,37)/t17-,19-,22+,24-/m0/s1. The fourth-order valence-corrected chi connectivity index (χ4v) is 6.31. The first kappa shape index (κ1) is 26.8. The van der Waals surface area contributed by atoms with Crippen LogP contribution in [-0.4, -0.2) is 27.5 Å². The molecule has 0 unspecified atom stereocenters. The summed E-state index contributed by atoms with van der Waals surface area (Å²) in [5, 5.41) is 3.72. The van der Waals surface area contributed by atoms with Crippen LogP contribution in [0.1, 0.15) is 44.7 Å². The van der Waals surface area contributed by atoms with Gasteiger partial charge in [-0.3, -0.25) is 14.8 Å². The van der Waals surface area contributed by atoms with Crippen LogP contribution in [0, 0.1) is 35.9 Å². The van der Waals surface area contributed by atoms with E-state index < -0.39 is 0 Å². The summed E-state index contributed by atoms with van der Waals surface area (Å²) < 4.78 is 15.7. The van der Waals surface area contributed by atoms with Crippen LogP contribution >= 0.6 is 0 Å². The fourth-order valence-electron chi connectivity index (χ4n) is 6.31. The number of rotatable bonds is 5. The molecule has 206 valence electrons.